The summed E-state index contributed by atoms with van der Waals surface area (Å²) in [5.74, 6) is 0.911. The molecule has 0 atom stereocenters. The predicted octanol–water partition coefficient (Wildman–Crippen LogP) is 7.82. The lowest BCUT2D eigenvalue weighted by molar-refractivity contribution is -0.904. The normalized spacial score (nSPS) is 11.9. The number of unbranched alkanes of at least 4 members (excludes halogenated alkanes) is 13. The van der Waals surface area contributed by atoms with E-state index in [9.17, 15) is 0 Å². The minimum absolute atomic E-state index is 0. The van der Waals surface area contributed by atoms with Crippen LogP contribution < -0.4 is 29.6 Å². The van der Waals surface area contributed by atoms with Crippen molar-refractivity contribution in [3.05, 3.63) is 102 Å². The highest BCUT2D eigenvalue weighted by atomic mass is 35.5. The molecule has 3 aromatic rings. The van der Waals surface area contributed by atoms with E-state index in [1.54, 1.807) is 0 Å². The van der Waals surface area contributed by atoms with Crippen molar-refractivity contribution in [3.8, 4) is 5.75 Å². The van der Waals surface area contributed by atoms with Gasteiger partial charge in [0.15, 0.2) is 0 Å². The largest absolute Gasteiger partial charge is 1.00 e. The first-order valence-corrected chi connectivity index (χ1v) is 22.6. The summed E-state index contributed by atoms with van der Waals surface area (Å²) in [5.41, 5.74) is 4.65. The molecule has 4 nitrogen and oxygen atoms in total. The van der Waals surface area contributed by atoms with Crippen LogP contribution in [0.1, 0.15) is 155 Å². The maximum atomic E-state index is 5.87. The number of likely N-dealkylation sites (N-methyl/N-ethyl adjacent to an activating group) is 1. The fourth-order valence-corrected chi connectivity index (χ4v) is 8.11. The standard InChI is InChI=1S/C27H42NO2.C25H46N.2ClH/c1-26(2,3)22-27(4,5)24-13-15-25(16-14-24)30-20-19-29-18-17-28(6,7)21-23-11-9-8-10-12-23;1-4-5-6-7-8-9-10-11-12-13-14-15-16-20-23-26(2,3)24-25-21-18-17-19-22-25;;/h8-16H,17-22H2,1-7H3;17-19,21-22H,4-16,20,23-24H2,1-3H3;2*1H/q2*+1;;/p-2. The molecule has 0 saturated heterocycles. The number of ether oxygens (including phenoxy) is 2. The smallest absolute Gasteiger partial charge is 0.119 e. The molecular formula is C52H88Cl2N2O2. The number of nitrogens with zero attached hydrogens (tertiary/aromatic N) is 2. The molecule has 0 spiro atoms. The van der Waals surface area contributed by atoms with Gasteiger partial charge in [0.05, 0.1) is 47.9 Å². The van der Waals surface area contributed by atoms with Crippen LogP contribution in [0.25, 0.3) is 0 Å². The van der Waals surface area contributed by atoms with E-state index in [1.165, 1.54) is 113 Å². The molecule has 0 bridgehead atoms. The van der Waals surface area contributed by atoms with Crippen LogP contribution in [0.4, 0.5) is 0 Å². The number of rotatable bonds is 28. The third-order valence-electron chi connectivity index (χ3n) is 11.0. The Morgan fingerprint density at radius 3 is 1.31 bits per heavy atom. The maximum Gasteiger partial charge on any atom is 0.119 e. The van der Waals surface area contributed by atoms with Gasteiger partial charge in [0, 0.05) is 11.1 Å². The number of hydrogen-bond donors (Lipinski definition) is 0. The molecule has 3 rings (SSSR count). The van der Waals surface area contributed by atoms with Gasteiger partial charge in [0.2, 0.25) is 0 Å². The molecule has 0 N–H and O–H groups in total. The Balaban J connectivity index is 0.00000109. The van der Waals surface area contributed by atoms with Gasteiger partial charge < -0.3 is 43.3 Å². The van der Waals surface area contributed by atoms with Gasteiger partial charge in [-0.2, -0.15) is 0 Å². The number of benzene rings is 3. The average Bonchev–Trinajstić information content (AvgIpc) is 3.13. The minimum atomic E-state index is 0. The van der Waals surface area contributed by atoms with E-state index in [-0.39, 0.29) is 30.2 Å². The Bertz CT molecular complexity index is 1370. The summed E-state index contributed by atoms with van der Waals surface area (Å²) in [7, 11) is 9.23. The van der Waals surface area contributed by atoms with E-state index in [0.717, 1.165) is 47.4 Å². The van der Waals surface area contributed by atoms with E-state index >= 15 is 0 Å². The Morgan fingerprint density at radius 2 is 0.879 bits per heavy atom. The number of quaternary nitrogens is 2. The summed E-state index contributed by atoms with van der Waals surface area (Å²) in [4.78, 5) is 0. The first-order chi connectivity index (χ1) is 26.6. The maximum absolute atomic E-state index is 5.87. The van der Waals surface area contributed by atoms with Gasteiger partial charge in [-0.05, 0) is 47.8 Å². The molecule has 0 radical (unpaired) electrons. The molecule has 332 valence electrons. The summed E-state index contributed by atoms with van der Waals surface area (Å²) in [5, 5.41) is 0. The summed E-state index contributed by atoms with van der Waals surface area (Å²) in [6.07, 6.45) is 21.3. The monoisotopic (exact) mass is 843 g/mol. The van der Waals surface area contributed by atoms with Crippen LogP contribution in [0.3, 0.4) is 0 Å². The fourth-order valence-electron chi connectivity index (χ4n) is 8.11. The molecule has 0 aliphatic carbocycles. The van der Waals surface area contributed by atoms with Gasteiger partial charge in [-0.3, -0.25) is 0 Å². The van der Waals surface area contributed by atoms with Crippen molar-refractivity contribution in [2.75, 3.05) is 61.1 Å². The lowest BCUT2D eigenvalue weighted by Gasteiger charge is -2.33. The van der Waals surface area contributed by atoms with Gasteiger partial charge in [0.1, 0.15) is 32.0 Å². The van der Waals surface area contributed by atoms with E-state index in [1.807, 2.05) is 0 Å². The molecule has 0 unspecified atom stereocenters. The lowest BCUT2D eigenvalue weighted by Crippen LogP contribution is -3.00. The molecule has 3 aromatic carbocycles. The third-order valence-corrected chi connectivity index (χ3v) is 11.0. The summed E-state index contributed by atoms with van der Waals surface area (Å²) >= 11 is 0. The van der Waals surface area contributed by atoms with Gasteiger partial charge in [-0.15, -0.1) is 0 Å². The highest BCUT2D eigenvalue weighted by Crippen LogP contribution is 2.36. The van der Waals surface area contributed by atoms with Crippen LogP contribution in [0.15, 0.2) is 84.9 Å². The summed E-state index contributed by atoms with van der Waals surface area (Å²) in [6.45, 7) is 20.2. The predicted molar refractivity (Wildman–Crippen MR) is 244 cm³/mol. The first kappa shape index (κ1) is 55.9. The highest BCUT2D eigenvalue weighted by Gasteiger charge is 2.27. The Labute approximate surface area is 371 Å². The van der Waals surface area contributed by atoms with Gasteiger partial charge in [0.25, 0.3) is 0 Å². The van der Waals surface area contributed by atoms with Crippen LogP contribution in [-0.2, 0) is 23.2 Å². The van der Waals surface area contributed by atoms with E-state index in [4.69, 9.17) is 9.47 Å². The molecule has 0 aromatic heterocycles. The SMILES string of the molecule is CC(C)(C)CC(C)(C)c1ccc(OCCOCC[N+](C)(C)Cc2ccccc2)cc1.CCCCCCCCCCCCCCCC[N+](C)(C)Cc1ccccc1.[Cl-].[Cl-]. The molecule has 58 heavy (non-hydrogen) atoms. The Morgan fingerprint density at radius 1 is 0.466 bits per heavy atom. The van der Waals surface area contributed by atoms with Crippen molar-refractivity contribution in [1.82, 2.24) is 0 Å². The zero-order valence-electron chi connectivity index (χ0n) is 39.1. The van der Waals surface area contributed by atoms with E-state index in [0.29, 0.717) is 18.6 Å². The van der Waals surface area contributed by atoms with E-state index < -0.39 is 0 Å². The molecule has 6 heteroatoms. The van der Waals surface area contributed by atoms with Crippen molar-refractivity contribution < 1.29 is 43.3 Å². The second kappa shape index (κ2) is 30.9. The first-order valence-electron chi connectivity index (χ1n) is 22.6. The quantitative estimate of drug-likeness (QED) is 0.0549. The van der Waals surface area contributed by atoms with Crippen LogP contribution >= 0.6 is 0 Å². The second-order valence-corrected chi connectivity index (χ2v) is 19.8. The van der Waals surface area contributed by atoms with Crippen molar-refractivity contribution >= 4 is 0 Å². The van der Waals surface area contributed by atoms with Crippen LogP contribution in [0.5, 0.6) is 5.75 Å². The van der Waals surface area contributed by atoms with Crippen molar-refractivity contribution in [3.63, 3.8) is 0 Å². The fraction of sp³-hybridized carbons (Fsp3) is 0.654. The molecule has 0 fully saturated rings. The van der Waals surface area contributed by atoms with Gasteiger partial charge in [-0.1, -0.05) is 191 Å². The van der Waals surface area contributed by atoms with Gasteiger partial charge in [-0.25, -0.2) is 0 Å². The van der Waals surface area contributed by atoms with Crippen LogP contribution in [-0.4, -0.2) is 70.1 Å². The summed E-state index contributed by atoms with van der Waals surface area (Å²) in [6, 6.07) is 30.1. The Hall–Kier alpha value is -2.08. The molecule has 0 aliphatic rings. The lowest BCUT2D eigenvalue weighted by atomic mass is 9.72. The Kier molecular flexibility index (Phi) is 29.8. The van der Waals surface area contributed by atoms with Crippen molar-refractivity contribution in [2.45, 2.75) is 156 Å². The van der Waals surface area contributed by atoms with E-state index in [2.05, 4.69) is 155 Å². The number of halogens is 2. The van der Waals surface area contributed by atoms with Crippen molar-refractivity contribution in [1.29, 1.82) is 0 Å². The second-order valence-electron chi connectivity index (χ2n) is 19.8. The molecule has 0 aliphatic heterocycles. The highest BCUT2D eigenvalue weighted by molar-refractivity contribution is 5.31. The average molecular weight is 844 g/mol. The zero-order chi connectivity index (χ0) is 41.2. The molecule has 0 saturated carbocycles. The van der Waals surface area contributed by atoms with Crippen LogP contribution in [0, 0.1) is 5.41 Å². The summed E-state index contributed by atoms with van der Waals surface area (Å²) < 4.78 is 13.7. The molecule has 0 amide bonds. The minimum Gasteiger partial charge on any atom is -1.00 e. The molecule has 0 heterocycles. The topological polar surface area (TPSA) is 18.5 Å². The number of hydrogen-bond acceptors (Lipinski definition) is 2. The van der Waals surface area contributed by atoms with Crippen LogP contribution in [0.2, 0.25) is 0 Å². The zero-order valence-corrected chi connectivity index (χ0v) is 40.6. The molecular weight excluding hydrogens is 755 g/mol. The van der Waals surface area contributed by atoms with Gasteiger partial charge >= 0.3 is 0 Å². The third kappa shape index (κ3) is 28.4. The van der Waals surface area contributed by atoms with Crippen molar-refractivity contribution in [2.24, 2.45) is 5.41 Å².